The molecule has 0 bridgehead atoms. The Morgan fingerprint density at radius 2 is 1.76 bits per heavy atom. The number of morpholine rings is 1. The van der Waals surface area contributed by atoms with Gasteiger partial charge in [-0.15, -0.1) is 0 Å². The molecule has 1 saturated heterocycles. The predicted molar refractivity (Wildman–Crippen MR) is 146 cm³/mol. The van der Waals surface area contributed by atoms with Crippen LogP contribution in [0.25, 0.3) is 10.8 Å². The molecule has 0 aliphatic carbocycles. The minimum Gasteiger partial charge on any atom is -0.494 e. The first-order valence-electron chi connectivity index (χ1n) is 12.5. The third-order valence-corrected chi connectivity index (χ3v) is 6.54. The fraction of sp³-hybridized carbons (Fsp3) is 0.379. The number of nitrogens with two attached hydrogens (primary N) is 1. The standard InChI is InChI=1S/C29H35N3O5/c1-29(2,3)19-17-22(27(35-4)23(30)18-19)26(33)28(34)31-24-9-10-25(21-8-6-5-7-20(21)24)37-16-13-32-11-14-36-15-12-32/h5-10,17-18H,11-16,30H2,1-4H3,(H,31,34). The predicted octanol–water partition coefficient (Wildman–Crippen LogP) is 4.26. The number of carbonyl (C=O) groups excluding carboxylic acids is 2. The molecule has 0 spiro atoms. The number of Topliss-reactive ketones (excluding diaryl/α,β-unsaturated/α-hetero) is 1. The van der Waals surface area contributed by atoms with Gasteiger partial charge in [0, 0.05) is 36.1 Å². The summed E-state index contributed by atoms with van der Waals surface area (Å²) in [6.07, 6.45) is 0. The number of hydrogen-bond donors (Lipinski definition) is 2. The first-order chi connectivity index (χ1) is 17.7. The van der Waals surface area contributed by atoms with Gasteiger partial charge in [-0.1, -0.05) is 45.0 Å². The Bertz CT molecular complexity index is 1290. The highest BCUT2D eigenvalue weighted by Crippen LogP contribution is 2.35. The van der Waals surface area contributed by atoms with Crippen LogP contribution in [0.2, 0.25) is 0 Å². The van der Waals surface area contributed by atoms with Gasteiger partial charge in [0.1, 0.15) is 12.4 Å². The zero-order chi connectivity index (χ0) is 26.6. The molecular formula is C29H35N3O5. The molecule has 3 aromatic rings. The van der Waals surface area contributed by atoms with Gasteiger partial charge in [-0.3, -0.25) is 14.5 Å². The van der Waals surface area contributed by atoms with E-state index in [0.29, 0.717) is 18.0 Å². The maximum atomic E-state index is 13.3. The highest BCUT2D eigenvalue weighted by Gasteiger charge is 2.26. The zero-order valence-corrected chi connectivity index (χ0v) is 21.9. The van der Waals surface area contributed by atoms with Crippen LogP contribution < -0.4 is 20.5 Å². The normalized spacial score (nSPS) is 14.4. The number of nitrogen functional groups attached to an aromatic ring is 1. The van der Waals surface area contributed by atoms with E-state index in [1.807, 2.05) is 51.1 Å². The van der Waals surface area contributed by atoms with Crippen LogP contribution in [0.15, 0.2) is 48.5 Å². The molecule has 196 valence electrons. The maximum Gasteiger partial charge on any atom is 0.296 e. The highest BCUT2D eigenvalue weighted by molar-refractivity contribution is 6.47. The van der Waals surface area contributed by atoms with Crippen molar-refractivity contribution in [2.45, 2.75) is 26.2 Å². The second-order valence-corrected chi connectivity index (χ2v) is 10.1. The SMILES string of the molecule is COc1c(N)cc(C(C)(C)C)cc1C(=O)C(=O)Nc1ccc(OCCN2CCOCC2)c2ccccc12. The number of amides is 1. The fourth-order valence-corrected chi connectivity index (χ4v) is 4.40. The van der Waals surface area contributed by atoms with Crippen molar-refractivity contribution in [2.75, 3.05) is 57.6 Å². The van der Waals surface area contributed by atoms with Crippen molar-refractivity contribution in [2.24, 2.45) is 0 Å². The molecule has 37 heavy (non-hydrogen) atoms. The van der Waals surface area contributed by atoms with Crippen LogP contribution in [0.5, 0.6) is 11.5 Å². The Labute approximate surface area is 217 Å². The van der Waals surface area contributed by atoms with Crippen molar-refractivity contribution >= 4 is 33.8 Å². The Hall–Kier alpha value is -3.62. The number of benzene rings is 3. The average molecular weight is 506 g/mol. The van der Waals surface area contributed by atoms with E-state index in [4.69, 9.17) is 19.9 Å². The quantitative estimate of drug-likeness (QED) is 0.268. The van der Waals surface area contributed by atoms with Gasteiger partial charge in [0.25, 0.3) is 11.7 Å². The minimum absolute atomic E-state index is 0.136. The van der Waals surface area contributed by atoms with E-state index in [2.05, 4.69) is 10.2 Å². The van der Waals surface area contributed by atoms with Crippen molar-refractivity contribution in [3.8, 4) is 11.5 Å². The Morgan fingerprint density at radius 1 is 1.05 bits per heavy atom. The zero-order valence-electron chi connectivity index (χ0n) is 21.9. The summed E-state index contributed by atoms with van der Waals surface area (Å²) in [4.78, 5) is 28.7. The molecule has 1 aliphatic heterocycles. The lowest BCUT2D eigenvalue weighted by Gasteiger charge is -2.26. The number of anilines is 2. The van der Waals surface area contributed by atoms with Crippen molar-refractivity contribution in [3.05, 3.63) is 59.7 Å². The summed E-state index contributed by atoms with van der Waals surface area (Å²) in [5, 5.41) is 4.42. The molecule has 4 rings (SSSR count). The molecule has 0 aromatic heterocycles. The van der Waals surface area contributed by atoms with E-state index in [0.717, 1.165) is 54.9 Å². The molecule has 3 N–H and O–H groups in total. The van der Waals surface area contributed by atoms with Gasteiger partial charge >= 0.3 is 0 Å². The number of hydrogen-bond acceptors (Lipinski definition) is 7. The van der Waals surface area contributed by atoms with Gasteiger partial charge in [0.2, 0.25) is 0 Å². The lowest BCUT2D eigenvalue weighted by atomic mass is 9.85. The summed E-state index contributed by atoms with van der Waals surface area (Å²) in [6.45, 7) is 10.7. The smallest absolute Gasteiger partial charge is 0.296 e. The number of carbonyl (C=O) groups is 2. The van der Waals surface area contributed by atoms with Crippen LogP contribution in [-0.2, 0) is 14.9 Å². The molecule has 1 aliphatic rings. The fourth-order valence-electron chi connectivity index (χ4n) is 4.40. The van der Waals surface area contributed by atoms with E-state index in [1.54, 1.807) is 18.2 Å². The summed E-state index contributed by atoms with van der Waals surface area (Å²) in [5.41, 5.74) is 7.71. The van der Waals surface area contributed by atoms with Crippen LogP contribution in [0.4, 0.5) is 11.4 Å². The number of fused-ring (bicyclic) bond motifs is 1. The summed E-state index contributed by atoms with van der Waals surface area (Å²) >= 11 is 0. The molecule has 0 atom stereocenters. The van der Waals surface area contributed by atoms with Crippen molar-refractivity contribution in [1.82, 2.24) is 4.90 Å². The molecule has 1 amide bonds. The van der Waals surface area contributed by atoms with Crippen molar-refractivity contribution in [1.29, 1.82) is 0 Å². The van der Waals surface area contributed by atoms with Gasteiger partial charge in [-0.2, -0.15) is 0 Å². The summed E-state index contributed by atoms with van der Waals surface area (Å²) in [6, 6.07) is 14.7. The van der Waals surface area contributed by atoms with Gasteiger partial charge in [-0.05, 0) is 35.2 Å². The third-order valence-electron chi connectivity index (χ3n) is 6.54. The van der Waals surface area contributed by atoms with Crippen LogP contribution >= 0.6 is 0 Å². The minimum atomic E-state index is -0.769. The monoisotopic (exact) mass is 505 g/mol. The number of nitrogens with one attached hydrogen (secondary N) is 1. The Kier molecular flexibility index (Phi) is 8.00. The first-order valence-corrected chi connectivity index (χ1v) is 12.5. The number of ether oxygens (including phenoxy) is 3. The van der Waals surface area contributed by atoms with Gasteiger partial charge < -0.3 is 25.3 Å². The second-order valence-electron chi connectivity index (χ2n) is 10.1. The van der Waals surface area contributed by atoms with Crippen LogP contribution in [0, 0.1) is 0 Å². The van der Waals surface area contributed by atoms with E-state index in [9.17, 15) is 9.59 Å². The van der Waals surface area contributed by atoms with Crippen LogP contribution in [0.3, 0.4) is 0 Å². The third kappa shape index (κ3) is 6.03. The highest BCUT2D eigenvalue weighted by atomic mass is 16.5. The first kappa shape index (κ1) is 26.4. The summed E-state index contributed by atoms with van der Waals surface area (Å²) in [7, 11) is 1.43. The number of rotatable bonds is 8. The number of ketones is 1. The molecule has 8 nitrogen and oxygen atoms in total. The van der Waals surface area contributed by atoms with Gasteiger partial charge in [-0.25, -0.2) is 0 Å². The molecular weight excluding hydrogens is 470 g/mol. The molecule has 0 saturated carbocycles. The van der Waals surface area contributed by atoms with Gasteiger partial charge in [0.15, 0.2) is 5.75 Å². The topological polar surface area (TPSA) is 103 Å². The van der Waals surface area contributed by atoms with Crippen molar-refractivity contribution < 1.29 is 23.8 Å². The molecule has 0 unspecified atom stereocenters. The molecule has 1 heterocycles. The number of nitrogens with zero attached hydrogens (tertiary/aromatic N) is 1. The second kappa shape index (κ2) is 11.2. The van der Waals surface area contributed by atoms with Crippen LogP contribution in [-0.4, -0.2) is 63.2 Å². The molecule has 0 radical (unpaired) electrons. The summed E-state index contributed by atoms with van der Waals surface area (Å²) in [5.74, 6) is -0.568. The average Bonchev–Trinajstić information content (AvgIpc) is 2.89. The largest absolute Gasteiger partial charge is 0.494 e. The Morgan fingerprint density at radius 3 is 2.43 bits per heavy atom. The maximum absolute atomic E-state index is 13.3. The summed E-state index contributed by atoms with van der Waals surface area (Å²) < 4.78 is 16.9. The molecule has 3 aromatic carbocycles. The molecule has 8 heteroatoms. The lowest BCUT2D eigenvalue weighted by Crippen LogP contribution is -2.38. The van der Waals surface area contributed by atoms with Gasteiger partial charge in [0.05, 0.1) is 31.6 Å². The lowest BCUT2D eigenvalue weighted by molar-refractivity contribution is -0.112. The Balaban J connectivity index is 1.55. The van der Waals surface area contributed by atoms with E-state index >= 15 is 0 Å². The van der Waals surface area contributed by atoms with E-state index < -0.39 is 11.7 Å². The number of methoxy groups -OCH3 is 1. The van der Waals surface area contributed by atoms with Crippen LogP contribution in [0.1, 0.15) is 36.7 Å². The molecule has 1 fully saturated rings. The van der Waals surface area contributed by atoms with Crippen molar-refractivity contribution in [3.63, 3.8) is 0 Å². The van der Waals surface area contributed by atoms with E-state index in [1.165, 1.54) is 7.11 Å². The van der Waals surface area contributed by atoms with E-state index in [-0.39, 0.29) is 16.7 Å².